The number of fused-ring (bicyclic) bond motifs is 1. The number of benzene rings is 1. The molecule has 4 heterocycles. The third kappa shape index (κ3) is 4.82. The molecule has 1 aliphatic heterocycles. The molecule has 0 aliphatic carbocycles. The molecule has 1 fully saturated rings. The predicted molar refractivity (Wildman–Crippen MR) is 122 cm³/mol. The van der Waals surface area contributed by atoms with Crippen molar-refractivity contribution >= 4 is 23.5 Å². The Morgan fingerprint density at radius 3 is 2.75 bits per heavy atom. The van der Waals surface area contributed by atoms with E-state index in [9.17, 15) is 18.0 Å². The van der Waals surface area contributed by atoms with E-state index < -0.39 is 36.1 Å². The molecule has 0 saturated carbocycles. The summed E-state index contributed by atoms with van der Waals surface area (Å²) < 4.78 is 54.7. The molecule has 0 radical (unpaired) electrons. The van der Waals surface area contributed by atoms with E-state index in [4.69, 9.17) is 9.47 Å². The van der Waals surface area contributed by atoms with E-state index in [1.807, 2.05) is 0 Å². The average molecular weight is 501 g/mol. The number of aromatic nitrogens is 5. The molecule has 1 aliphatic rings. The van der Waals surface area contributed by atoms with Gasteiger partial charge in [0.05, 0.1) is 18.0 Å². The van der Waals surface area contributed by atoms with Crippen LogP contribution in [0, 0.1) is 11.6 Å². The Kier molecular flexibility index (Phi) is 6.22. The number of hydrogen-bond acceptors (Lipinski definition) is 7. The maximum absolute atomic E-state index is 15.0. The van der Waals surface area contributed by atoms with Crippen LogP contribution in [0.5, 0.6) is 0 Å². The summed E-state index contributed by atoms with van der Waals surface area (Å²) >= 11 is 0. The molecule has 1 saturated heterocycles. The maximum Gasteiger partial charge on any atom is 0.407 e. The zero-order chi connectivity index (χ0) is 25.4. The third-order valence-electron chi connectivity index (χ3n) is 5.44. The van der Waals surface area contributed by atoms with Gasteiger partial charge in [-0.15, -0.1) is 0 Å². The molecule has 36 heavy (non-hydrogen) atoms. The first kappa shape index (κ1) is 23.6. The number of H-pyrrole nitrogens is 1. The highest BCUT2D eigenvalue weighted by atomic mass is 19.1. The van der Waals surface area contributed by atoms with Gasteiger partial charge in [0.2, 0.25) is 5.95 Å². The Morgan fingerprint density at radius 2 is 2.00 bits per heavy atom. The van der Waals surface area contributed by atoms with Crippen LogP contribution in [0.4, 0.5) is 29.7 Å². The van der Waals surface area contributed by atoms with Crippen LogP contribution < -0.4 is 10.6 Å². The molecule has 10 nitrogen and oxygen atoms in total. The zero-order valence-corrected chi connectivity index (χ0v) is 19.2. The van der Waals surface area contributed by atoms with Crippen molar-refractivity contribution in [1.29, 1.82) is 0 Å². The lowest BCUT2D eigenvalue weighted by Gasteiger charge is -2.16. The summed E-state index contributed by atoms with van der Waals surface area (Å²) in [5, 5.41) is 12.4. The van der Waals surface area contributed by atoms with Gasteiger partial charge in [-0.2, -0.15) is 5.10 Å². The number of amides is 1. The maximum atomic E-state index is 15.0. The van der Waals surface area contributed by atoms with Crippen molar-refractivity contribution in [3.05, 3.63) is 60.1 Å². The highest BCUT2D eigenvalue weighted by Gasteiger charge is 2.42. The standard InChI is InChI=1S/C23H22F3N7O3/c1-11(2)28-23(34)36-17-10-35-21(20(17)26)16-8-18(32-31-16)30-22-29-15(9-19-27-3-4-33(19)22)12-5-13(24)7-14(25)6-12/h3-9,11,17,20-21H,10H2,1-2H3,(H,28,34)(H2,29,30,31,32)/t17-,20-,21-/m0/s1. The largest absolute Gasteiger partial charge is 0.441 e. The molecule has 188 valence electrons. The van der Waals surface area contributed by atoms with Crippen LogP contribution in [0.2, 0.25) is 0 Å². The number of halogens is 3. The summed E-state index contributed by atoms with van der Waals surface area (Å²) in [5.41, 5.74) is 1.32. The van der Waals surface area contributed by atoms with Gasteiger partial charge in [0.15, 0.2) is 18.1 Å². The third-order valence-corrected chi connectivity index (χ3v) is 5.44. The van der Waals surface area contributed by atoms with Crippen LogP contribution in [0.25, 0.3) is 16.9 Å². The fraction of sp³-hybridized carbons (Fsp3) is 0.304. The molecular formula is C23H22F3N7O3. The SMILES string of the molecule is CC(C)NC(=O)O[C@H]1CO[C@@H](c2cc(Nc3nc(-c4cc(F)cc(F)c4)cc4nccn34)n[nH]2)[C@H]1F. The monoisotopic (exact) mass is 501 g/mol. The first-order valence-electron chi connectivity index (χ1n) is 11.1. The normalized spacial score (nSPS) is 19.7. The van der Waals surface area contributed by atoms with Gasteiger partial charge in [-0.1, -0.05) is 0 Å². The van der Waals surface area contributed by atoms with E-state index >= 15 is 0 Å². The van der Waals surface area contributed by atoms with Gasteiger partial charge in [0.25, 0.3) is 0 Å². The molecule has 0 bridgehead atoms. The van der Waals surface area contributed by atoms with E-state index in [1.165, 1.54) is 18.2 Å². The molecule has 3 N–H and O–H groups in total. The minimum atomic E-state index is -1.61. The quantitative estimate of drug-likeness (QED) is 0.365. The lowest BCUT2D eigenvalue weighted by Crippen LogP contribution is -2.36. The fourth-order valence-corrected chi connectivity index (χ4v) is 3.87. The van der Waals surface area contributed by atoms with Crippen molar-refractivity contribution in [3.63, 3.8) is 0 Å². The summed E-state index contributed by atoms with van der Waals surface area (Å²) in [6.45, 7) is 3.42. The Hall–Kier alpha value is -4.13. The molecule has 0 unspecified atom stereocenters. The minimum Gasteiger partial charge on any atom is -0.441 e. The Labute approximate surface area is 202 Å². The average Bonchev–Trinajstić information content (AvgIpc) is 3.53. The molecule has 4 aromatic rings. The van der Waals surface area contributed by atoms with Crippen molar-refractivity contribution in [2.24, 2.45) is 0 Å². The predicted octanol–water partition coefficient (Wildman–Crippen LogP) is 4.05. The van der Waals surface area contributed by atoms with Gasteiger partial charge in [-0.3, -0.25) is 9.50 Å². The number of carbonyl (C=O) groups is 1. The lowest BCUT2D eigenvalue weighted by molar-refractivity contribution is 0.0615. The lowest BCUT2D eigenvalue weighted by atomic mass is 10.1. The number of hydrogen-bond donors (Lipinski definition) is 3. The summed E-state index contributed by atoms with van der Waals surface area (Å²) in [5.74, 6) is -0.920. The van der Waals surface area contributed by atoms with Gasteiger partial charge >= 0.3 is 6.09 Å². The number of imidazole rings is 1. The van der Waals surface area contributed by atoms with Crippen LogP contribution in [0.15, 0.2) is 42.7 Å². The number of alkyl halides is 1. The van der Waals surface area contributed by atoms with E-state index in [0.717, 1.165) is 6.07 Å². The number of ether oxygens (including phenoxy) is 2. The van der Waals surface area contributed by atoms with E-state index in [2.05, 4.69) is 30.8 Å². The Balaban J connectivity index is 1.36. The van der Waals surface area contributed by atoms with Crippen molar-refractivity contribution in [2.75, 3.05) is 11.9 Å². The molecule has 0 spiro atoms. The van der Waals surface area contributed by atoms with Crippen LogP contribution in [0.3, 0.4) is 0 Å². The van der Waals surface area contributed by atoms with E-state index in [-0.39, 0.29) is 35.7 Å². The molecule has 3 atom stereocenters. The van der Waals surface area contributed by atoms with Gasteiger partial charge in [0.1, 0.15) is 23.4 Å². The fourth-order valence-electron chi connectivity index (χ4n) is 3.87. The molecule has 1 aromatic carbocycles. The Morgan fingerprint density at radius 1 is 1.22 bits per heavy atom. The summed E-state index contributed by atoms with van der Waals surface area (Å²) in [4.78, 5) is 20.5. The van der Waals surface area contributed by atoms with Crippen LogP contribution in [-0.2, 0) is 9.47 Å². The van der Waals surface area contributed by atoms with Crippen molar-refractivity contribution in [1.82, 2.24) is 29.9 Å². The first-order valence-corrected chi connectivity index (χ1v) is 11.1. The second-order valence-corrected chi connectivity index (χ2v) is 8.55. The Bertz CT molecular complexity index is 1390. The van der Waals surface area contributed by atoms with Gasteiger partial charge in [0, 0.05) is 42.2 Å². The molecule has 1 amide bonds. The number of rotatable bonds is 6. The molecule has 3 aromatic heterocycles. The number of alkyl carbamates (subject to hydrolysis) is 1. The second kappa shape index (κ2) is 9.49. The highest BCUT2D eigenvalue weighted by molar-refractivity contribution is 5.68. The molecular weight excluding hydrogens is 479 g/mol. The zero-order valence-electron chi connectivity index (χ0n) is 19.2. The van der Waals surface area contributed by atoms with E-state index in [0.29, 0.717) is 11.3 Å². The van der Waals surface area contributed by atoms with Crippen molar-refractivity contribution in [3.8, 4) is 11.3 Å². The number of nitrogens with one attached hydrogen (secondary N) is 3. The summed E-state index contributed by atoms with van der Waals surface area (Å²) in [7, 11) is 0. The van der Waals surface area contributed by atoms with E-state index in [1.54, 1.807) is 36.7 Å². The number of nitrogens with zero attached hydrogens (tertiary/aromatic N) is 4. The van der Waals surface area contributed by atoms with Gasteiger partial charge < -0.3 is 20.1 Å². The highest BCUT2D eigenvalue weighted by Crippen LogP contribution is 2.34. The van der Waals surface area contributed by atoms with Crippen LogP contribution >= 0.6 is 0 Å². The summed E-state index contributed by atoms with van der Waals surface area (Å²) in [6, 6.07) is 6.08. The van der Waals surface area contributed by atoms with Crippen molar-refractivity contribution < 1.29 is 27.4 Å². The smallest absolute Gasteiger partial charge is 0.407 e. The van der Waals surface area contributed by atoms with Gasteiger partial charge in [-0.05, 0) is 26.0 Å². The van der Waals surface area contributed by atoms with Gasteiger partial charge in [-0.25, -0.2) is 27.9 Å². The topological polar surface area (TPSA) is 118 Å². The minimum absolute atomic E-state index is 0.109. The second-order valence-electron chi connectivity index (χ2n) is 8.55. The number of anilines is 2. The summed E-state index contributed by atoms with van der Waals surface area (Å²) in [6.07, 6.45) is -1.22. The number of aromatic amines is 1. The molecule has 13 heteroatoms. The molecule has 5 rings (SSSR count). The van der Waals surface area contributed by atoms with Crippen LogP contribution in [-0.4, -0.2) is 55.6 Å². The van der Waals surface area contributed by atoms with Crippen molar-refractivity contribution in [2.45, 2.75) is 38.3 Å². The first-order chi connectivity index (χ1) is 17.3. The van der Waals surface area contributed by atoms with Crippen LogP contribution in [0.1, 0.15) is 25.6 Å². The number of carbonyl (C=O) groups excluding carboxylic acids is 1.